The topological polar surface area (TPSA) is 93.3 Å². The molecule has 7 heteroatoms. The van der Waals surface area contributed by atoms with E-state index < -0.39 is 18.0 Å². The summed E-state index contributed by atoms with van der Waals surface area (Å²) in [6.07, 6.45) is 0.417. The van der Waals surface area contributed by atoms with Crippen LogP contribution in [0.5, 0.6) is 5.75 Å². The highest BCUT2D eigenvalue weighted by atomic mass is 16.5. The van der Waals surface area contributed by atoms with Crippen molar-refractivity contribution in [3.05, 3.63) is 66.4 Å². The number of anilines is 1. The third-order valence-electron chi connectivity index (χ3n) is 3.93. The number of carbonyl (C=O) groups excluding carboxylic acids is 2. The molecule has 2 aromatic carbocycles. The van der Waals surface area contributed by atoms with E-state index in [1.165, 1.54) is 13.1 Å². The minimum Gasteiger partial charge on any atom is -0.497 e. The molecule has 1 amide bonds. The van der Waals surface area contributed by atoms with Crippen molar-refractivity contribution in [3.8, 4) is 17.0 Å². The zero-order valence-corrected chi connectivity index (χ0v) is 14.9. The van der Waals surface area contributed by atoms with E-state index >= 15 is 0 Å². The van der Waals surface area contributed by atoms with Crippen LogP contribution >= 0.6 is 0 Å². The molecule has 0 aliphatic carbocycles. The zero-order chi connectivity index (χ0) is 19.2. The largest absolute Gasteiger partial charge is 0.497 e. The highest BCUT2D eigenvalue weighted by Crippen LogP contribution is 2.24. The second-order valence-corrected chi connectivity index (χ2v) is 5.79. The lowest BCUT2D eigenvalue weighted by molar-refractivity contribution is -0.123. The Morgan fingerprint density at radius 1 is 1.07 bits per heavy atom. The van der Waals surface area contributed by atoms with Crippen molar-refractivity contribution < 1.29 is 19.1 Å². The summed E-state index contributed by atoms with van der Waals surface area (Å²) in [5.74, 6) is -0.345. The number of carbonyl (C=O) groups is 2. The number of esters is 1. The van der Waals surface area contributed by atoms with Crippen LogP contribution in [0.4, 0.5) is 5.69 Å². The number of H-pyrrole nitrogens is 1. The predicted molar refractivity (Wildman–Crippen MR) is 101 cm³/mol. The number of aromatic nitrogens is 2. The highest BCUT2D eigenvalue weighted by Gasteiger charge is 2.22. The fourth-order valence-electron chi connectivity index (χ4n) is 2.46. The standard InChI is InChI=1S/C20H19N3O4/c1-13(19(24)22-15-6-4-3-5-7-15)27-20(25)17-12-21-23-18(17)14-8-10-16(26-2)11-9-14/h3-13H,1-2H3,(H,21,23)(H,22,24). The van der Waals surface area contributed by atoms with Crippen molar-refractivity contribution in [2.75, 3.05) is 12.4 Å². The molecular formula is C20H19N3O4. The molecule has 1 unspecified atom stereocenters. The summed E-state index contributed by atoms with van der Waals surface area (Å²) in [7, 11) is 1.58. The minimum atomic E-state index is -0.962. The summed E-state index contributed by atoms with van der Waals surface area (Å²) in [5, 5.41) is 9.41. The third-order valence-corrected chi connectivity index (χ3v) is 3.93. The second-order valence-electron chi connectivity index (χ2n) is 5.79. The van der Waals surface area contributed by atoms with Gasteiger partial charge in [-0.25, -0.2) is 4.79 Å². The van der Waals surface area contributed by atoms with Crippen molar-refractivity contribution in [2.24, 2.45) is 0 Å². The van der Waals surface area contributed by atoms with Gasteiger partial charge in [-0.2, -0.15) is 5.10 Å². The first-order chi connectivity index (χ1) is 13.1. The number of para-hydroxylation sites is 1. The number of nitrogens with zero attached hydrogens (tertiary/aromatic N) is 1. The molecule has 0 aliphatic rings. The lowest BCUT2D eigenvalue weighted by atomic mass is 10.1. The number of nitrogens with one attached hydrogen (secondary N) is 2. The number of benzene rings is 2. The number of rotatable bonds is 6. The van der Waals surface area contributed by atoms with Gasteiger partial charge in [-0.3, -0.25) is 9.89 Å². The van der Waals surface area contributed by atoms with Gasteiger partial charge < -0.3 is 14.8 Å². The molecule has 138 valence electrons. The zero-order valence-electron chi connectivity index (χ0n) is 14.9. The monoisotopic (exact) mass is 365 g/mol. The van der Waals surface area contributed by atoms with Crippen molar-refractivity contribution in [1.82, 2.24) is 10.2 Å². The van der Waals surface area contributed by atoms with Crippen LogP contribution < -0.4 is 10.1 Å². The average Bonchev–Trinajstić information content (AvgIpc) is 3.18. The number of methoxy groups -OCH3 is 1. The molecule has 0 fully saturated rings. The van der Waals surface area contributed by atoms with Crippen LogP contribution in [0.2, 0.25) is 0 Å². The van der Waals surface area contributed by atoms with Gasteiger partial charge in [0.05, 0.1) is 19.0 Å². The smallest absolute Gasteiger partial charge is 0.342 e. The predicted octanol–water partition coefficient (Wildman–Crippen LogP) is 3.27. The Morgan fingerprint density at radius 2 is 1.78 bits per heavy atom. The van der Waals surface area contributed by atoms with Crippen LogP contribution in [0.15, 0.2) is 60.8 Å². The van der Waals surface area contributed by atoms with Gasteiger partial charge in [0.2, 0.25) is 0 Å². The van der Waals surface area contributed by atoms with Gasteiger partial charge >= 0.3 is 5.97 Å². The van der Waals surface area contributed by atoms with Crippen molar-refractivity contribution in [3.63, 3.8) is 0 Å². The Hall–Kier alpha value is -3.61. The van der Waals surface area contributed by atoms with Crippen LogP contribution in [-0.4, -0.2) is 35.3 Å². The number of hydrogen-bond acceptors (Lipinski definition) is 5. The first-order valence-corrected chi connectivity index (χ1v) is 8.33. The van der Waals surface area contributed by atoms with Crippen LogP contribution in [0, 0.1) is 0 Å². The molecule has 0 bridgehead atoms. The summed E-state index contributed by atoms with van der Waals surface area (Å²) < 4.78 is 10.4. The first kappa shape index (κ1) is 18.2. The molecule has 7 nitrogen and oxygen atoms in total. The quantitative estimate of drug-likeness (QED) is 0.654. The molecule has 0 saturated heterocycles. The number of aromatic amines is 1. The van der Waals surface area contributed by atoms with Crippen LogP contribution in [-0.2, 0) is 9.53 Å². The Bertz CT molecular complexity index is 920. The van der Waals surface area contributed by atoms with Gasteiger partial charge in [0.15, 0.2) is 6.10 Å². The van der Waals surface area contributed by atoms with Gasteiger partial charge in [0.1, 0.15) is 11.3 Å². The minimum absolute atomic E-state index is 0.250. The van der Waals surface area contributed by atoms with E-state index in [0.717, 1.165) is 5.56 Å². The Morgan fingerprint density at radius 3 is 2.44 bits per heavy atom. The van der Waals surface area contributed by atoms with Crippen molar-refractivity contribution >= 4 is 17.6 Å². The summed E-state index contributed by atoms with van der Waals surface area (Å²) in [6.45, 7) is 1.52. The summed E-state index contributed by atoms with van der Waals surface area (Å²) in [6, 6.07) is 16.1. The number of hydrogen-bond donors (Lipinski definition) is 2. The van der Waals surface area contributed by atoms with E-state index in [2.05, 4.69) is 15.5 Å². The molecular weight excluding hydrogens is 346 g/mol. The normalized spacial score (nSPS) is 11.5. The van der Waals surface area contributed by atoms with E-state index in [0.29, 0.717) is 17.1 Å². The molecule has 1 atom stereocenters. The molecule has 27 heavy (non-hydrogen) atoms. The maximum Gasteiger partial charge on any atom is 0.342 e. The van der Waals surface area contributed by atoms with E-state index in [9.17, 15) is 9.59 Å². The highest BCUT2D eigenvalue weighted by molar-refractivity contribution is 5.99. The summed E-state index contributed by atoms with van der Waals surface area (Å²) in [4.78, 5) is 24.7. The molecule has 1 heterocycles. The molecule has 3 aromatic rings. The van der Waals surface area contributed by atoms with Crippen LogP contribution in [0.3, 0.4) is 0 Å². The van der Waals surface area contributed by atoms with Crippen molar-refractivity contribution in [1.29, 1.82) is 0 Å². The fourth-order valence-corrected chi connectivity index (χ4v) is 2.46. The van der Waals surface area contributed by atoms with Crippen molar-refractivity contribution in [2.45, 2.75) is 13.0 Å². The molecule has 0 spiro atoms. The second kappa shape index (κ2) is 8.18. The Kier molecular flexibility index (Phi) is 5.51. The van der Waals surface area contributed by atoms with Gasteiger partial charge in [0.25, 0.3) is 5.91 Å². The van der Waals surface area contributed by atoms with E-state index in [4.69, 9.17) is 9.47 Å². The van der Waals surface area contributed by atoms with Gasteiger partial charge in [-0.05, 0) is 43.3 Å². The third kappa shape index (κ3) is 4.33. The maximum absolute atomic E-state index is 12.5. The van der Waals surface area contributed by atoms with Crippen LogP contribution in [0.1, 0.15) is 17.3 Å². The molecule has 0 saturated carbocycles. The average molecular weight is 365 g/mol. The van der Waals surface area contributed by atoms with E-state index in [1.807, 2.05) is 6.07 Å². The van der Waals surface area contributed by atoms with E-state index in [-0.39, 0.29) is 5.56 Å². The number of ether oxygens (including phenoxy) is 2. The van der Waals surface area contributed by atoms with Crippen LogP contribution in [0.25, 0.3) is 11.3 Å². The lowest BCUT2D eigenvalue weighted by Gasteiger charge is -2.13. The van der Waals surface area contributed by atoms with Gasteiger partial charge in [0, 0.05) is 11.3 Å². The first-order valence-electron chi connectivity index (χ1n) is 8.33. The molecule has 0 radical (unpaired) electrons. The number of amides is 1. The SMILES string of the molecule is COc1ccc(-c2[nH]ncc2C(=O)OC(C)C(=O)Nc2ccccc2)cc1. The molecule has 0 aliphatic heterocycles. The maximum atomic E-state index is 12.5. The summed E-state index contributed by atoms with van der Waals surface area (Å²) in [5.41, 5.74) is 2.15. The Balaban J connectivity index is 1.69. The summed E-state index contributed by atoms with van der Waals surface area (Å²) >= 11 is 0. The fraction of sp³-hybridized carbons (Fsp3) is 0.150. The van der Waals surface area contributed by atoms with Gasteiger partial charge in [-0.15, -0.1) is 0 Å². The molecule has 3 rings (SSSR count). The van der Waals surface area contributed by atoms with E-state index in [1.54, 1.807) is 55.6 Å². The van der Waals surface area contributed by atoms with Gasteiger partial charge in [-0.1, -0.05) is 18.2 Å². The molecule has 2 N–H and O–H groups in total. The Labute approximate surface area is 156 Å². The molecule has 1 aromatic heterocycles. The lowest BCUT2D eigenvalue weighted by Crippen LogP contribution is -2.30.